The third kappa shape index (κ3) is 4.41. The molecule has 3 aromatic carbocycles. The van der Waals surface area contributed by atoms with Gasteiger partial charge < -0.3 is 15.8 Å². The highest BCUT2D eigenvalue weighted by molar-refractivity contribution is 5.93. The molecule has 0 saturated heterocycles. The van der Waals surface area contributed by atoms with Gasteiger partial charge in [0.1, 0.15) is 5.75 Å². The number of hydrogen-bond acceptors (Lipinski definition) is 4. The molecule has 0 aliphatic heterocycles. The average molecular weight is 369 g/mol. The molecule has 0 bridgehead atoms. The Kier molecular flexibility index (Phi) is 5.38. The number of benzene rings is 3. The summed E-state index contributed by atoms with van der Waals surface area (Å²) in [6.07, 6.45) is 3.80. The molecule has 140 valence electrons. The van der Waals surface area contributed by atoms with Crippen molar-refractivity contribution in [3.05, 3.63) is 90.6 Å². The van der Waals surface area contributed by atoms with E-state index in [0.717, 1.165) is 46.6 Å². The molecule has 4 nitrogen and oxygen atoms in total. The molecular weight excluding hydrogens is 346 g/mol. The van der Waals surface area contributed by atoms with Gasteiger partial charge in [0, 0.05) is 34.7 Å². The second kappa shape index (κ2) is 8.44. The summed E-state index contributed by atoms with van der Waals surface area (Å²) in [5, 5.41) is 4.48. The molecule has 0 unspecified atom stereocenters. The van der Waals surface area contributed by atoms with Crippen LogP contribution in [0.5, 0.6) is 5.75 Å². The number of nitrogens with two attached hydrogens (primary N) is 1. The molecule has 0 saturated carbocycles. The zero-order valence-electron chi connectivity index (χ0n) is 15.6. The molecular formula is C24H23N3O. The van der Waals surface area contributed by atoms with Crippen molar-refractivity contribution in [3.8, 4) is 5.75 Å². The van der Waals surface area contributed by atoms with Gasteiger partial charge in [-0.1, -0.05) is 30.3 Å². The summed E-state index contributed by atoms with van der Waals surface area (Å²) in [6, 6.07) is 26.2. The van der Waals surface area contributed by atoms with Crippen molar-refractivity contribution >= 4 is 28.0 Å². The van der Waals surface area contributed by atoms with E-state index in [2.05, 4.69) is 40.6 Å². The Morgan fingerprint density at radius 3 is 2.54 bits per heavy atom. The van der Waals surface area contributed by atoms with E-state index in [9.17, 15) is 0 Å². The second-order valence-corrected chi connectivity index (χ2v) is 6.72. The summed E-state index contributed by atoms with van der Waals surface area (Å²) < 4.78 is 5.93. The second-order valence-electron chi connectivity index (χ2n) is 6.72. The number of nitrogen functional groups attached to an aromatic ring is 1. The van der Waals surface area contributed by atoms with Gasteiger partial charge in [-0.25, -0.2) is 0 Å². The molecule has 4 aromatic rings. The van der Waals surface area contributed by atoms with Crippen LogP contribution < -0.4 is 15.8 Å². The number of fused-ring (bicyclic) bond motifs is 1. The summed E-state index contributed by atoms with van der Waals surface area (Å²) >= 11 is 0. The summed E-state index contributed by atoms with van der Waals surface area (Å²) in [4.78, 5) is 4.49. The molecule has 0 amide bonds. The van der Waals surface area contributed by atoms with Gasteiger partial charge in [-0.3, -0.25) is 4.98 Å². The Balaban J connectivity index is 1.42. The highest BCUT2D eigenvalue weighted by Gasteiger charge is 2.05. The first-order valence-electron chi connectivity index (χ1n) is 9.46. The van der Waals surface area contributed by atoms with Crippen LogP contribution >= 0.6 is 0 Å². The van der Waals surface area contributed by atoms with Crippen LogP contribution in [-0.2, 0) is 6.42 Å². The predicted octanol–water partition coefficient (Wildman–Crippen LogP) is 5.57. The van der Waals surface area contributed by atoms with E-state index in [1.165, 1.54) is 5.56 Å². The largest absolute Gasteiger partial charge is 0.494 e. The van der Waals surface area contributed by atoms with Crippen LogP contribution in [0.2, 0.25) is 0 Å². The standard InChI is InChI=1S/C24H23N3O/c25-19-8-10-20(11-9-19)27-23-14-15-26-24-17-21(12-13-22(23)24)28-16-4-7-18-5-2-1-3-6-18/h1-3,5-6,8-15,17H,4,7,16,25H2,(H,26,27). The number of aryl methyl sites for hydroxylation is 1. The molecule has 0 aliphatic carbocycles. The molecule has 4 heteroatoms. The first kappa shape index (κ1) is 17.9. The van der Waals surface area contributed by atoms with Gasteiger partial charge in [0.25, 0.3) is 0 Å². The minimum atomic E-state index is 0.684. The van der Waals surface area contributed by atoms with Gasteiger partial charge in [0.2, 0.25) is 0 Å². The summed E-state index contributed by atoms with van der Waals surface area (Å²) in [5.41, 5.74) is 10.7. The van der Waals surface area contributed by atoms with Crippen LogP contribution in [0.25, 0.3) is 10.9 Å². The number of hydrogen-bond donors (Lipinski definition) is 2. The lowest BCUT2D eigenvalue weighted by Crippen LogP contribution is -2.00. The fourth-order valence-corrected chi connectivity index (χ4v) is 3.16. The lowest BCUT2D eigenvalue weighted by atomic mass is 10.1. The van der Waals surface area contributed by atoms with Crippen molar-refractivity contribution in [2.75, 3.05) is 17.7 Å². The van der Waals surface area contributed by atoms with Crippen molar-refractivity contribution in [1.29, 1.82) is 0 Å². The fourth-order valence-electron chi connectivity index (χ4n) is 3.16. The molecule has 4 rings (SSSR count). The first-order valence-corrected chi connectivity index (χ1v) is 9.46. The third-order valence-electron chi connectivity index (χ3n) is 4.63. The summed E-state index contributed by atoms with van der Waals surface area (Å²) in [5.74, 6) is 0.845. The van der Waals surface area contributed by atoms with E-state index in [4.69, 9.17) is 10.5 Å². The zero-order chi connectivity index (χ0) is 19.2. The van der Waals surface area contributed by atoms with Crippen molar-refractivity contribution in [1.82, 2.24) is 4.98 Å². The topological polar surface area (TPSA) is 60.2 Å². The van der Waals surface area contributed by atoms with Crippen molar-refractivity contribution in [2.45, 2.75) is 12.8 Å². The van der Waals surface area contributed by atoms with Crippen LogP contribution in [0.15, 0.2) is 85.1 Å². The summed E-state index contributed by atoms with van der Waals surface area (Å²) in [6.45, 7) is 0.684. The minimum Gasteiger partial charge on any atom is -0.494 e. The number of nitrogens with one attached hydrogen (secondary N) is 1. The minimum absolute atomic E-state index is 0.684. The maximum absolute atomic E-state index is 5.93. The van der Waals surface area contributed by atoms with Crippen LogP contribution in [0.3, 0.4) is 0 Å². The van der Waals surface area contributed by atoms with Gasteiger partial charge in [0.15, 0.2) is 0 Å². The third-order valence-corrected chi connectivity index (χ3v) is 4.63. The highest BCUT2D eigenvalue weighted by atomic mass is 16.5. The van der Waals surface area contributed by atoms with Crippen molar-refractivity contribution < 1.29 is 4.74 Å². The van der Waals surface area contributed by atoms with E-state index < -0.39 is 0 Å². The molecule has 0 radical (unpaired) electrons. The fraction of sp³-hybridized carbons (Fsp3) is 0.125. The lowest BCUT2D eigenvalue weighted by molar-refractivity contribution is 0.311. The Morgan fingerprint density at radius 2 is 1.71 bits per heavy atom. The van der Waals surface area contributed by atoms with Gasteiger partial charge in [-0.05, 0) is 60.9 Å². The smallest absolute Gasteiger partial charge is 0.121 e. The van der Waals surface area contributed by atoms with Crippen LogP contribution in [0.1, 0.15) is 12.0 Å². The number of rotatable bonds is 7. The molecule has 1 heterocycles. The van der Waals surface area contributed by atoms with Crippen molar-refractivity contribution in [2.24, 2.45) is 0 Å². The number of pyridine rings is 1. The van der Waals surface area contributed by atoms with E-state index in [0.29, 0.717) is 6.61 Å². The normalized spacial score (nSPS) is 10.7. The van der Waals surface area contributed by atoms with Gasteiger partial charge in [-0.2, -0.15) is 0 Å². The Hall–Kier alpha value is -3.53. The molecule has 3 N–H and O–H groups in total. The SMILES string of the molecule is Nc1ccc(Nc2ccnc3cc(OCCCc4ccccc4)ccc23)cc1. The number of aromatic nitrogens is 1. The van der Waals surface area contributed by atoms with Crippen LogP contribution in [-0.4, -0.2) is 11.6 Å². The lowest BCUT2D eigenvalue weighted by Gasteiger charge is -2.11. The van der Waals surface area contributed by atoms with Crippen LogP contribution in [0.4, 0.5) is 17.1 Å². The average Bonchev–Trinajstić information content (AvgIpc) is 2.74. The Morgan fingerprint density at radius 1 is 0.893 bits per heavy atom. The number of ether oxygens (including phenoxy) is 1. The zero-order valence-corrected chi connectivity index (χ0v) is 15.6. The molecule has 0 spiro atoms. The maximum atomic E-state index is 5.93. The monoisotopic (exact) mass is 369 g/mol. The van der Waals surface area contributed by atoms with E-state index in [1.807, 2.05) is 48.5 Å². The van der Waals surface area contributed by atoms with E-state index in [1.54, 1.807) is 6.20 Å². The first-order chi connectivity index (χ1) is 13.8. The highest BCUT2D eigenvalue weighted by Crippen LogP contribution is 2.28. The molecule has 0 aliphatic rings. The van der Waals surface area contributed by atoms with Crippen LogP contribution in [0, 0.1) is 0 Å². The quantitative estimate of drug-likeness (QED) is 0.330. The Bertz CT molecular complexity index is 1050. The van der Waals surface area contributed by atoms with Gasteiger partial charge >= 0.3 is 0 Å². The van der Waals surface area contributed by atoms with E-state index in [-0.39, 0.29) is 0 Å². The molecule has 1 aromatic heterocycles. The maximum Gasteiger partial charge on any atom is 0.121 e. The number of anilines is 3. The molecule has 0 atom stereocenters. The van der Waals surface area contributed by atoms with E-state index >= 15 is 0 Å². The van der Waals surface area contributed by atoms with Gasteiger partial charge in [0.05, 0.1) is 12.1 Å². The van der Waals surface area contributed by atoms with Crippen molar-refractivity contribution in [3.63, 3.8) is 0 Å². The number of nitrogens with zero attached hydrogens (tertiary/aromatic N) is 1. The molecule has 28 heavy (non-hydrogen) atoms. The van der Waals surface area contributed by atoms with Gasteiger partial charge in [-0.15, -0.1) is 0 Å². The Labute approximate surface area is 165 Å². The predicted molar refractivity (Wildman–Crippen MR) is 116 cm³/mol. The molecule has 0 fully saturated rings. The summed E-state index contributed by atoms with van der Waals surface area (Å²) in [7, 11) is 0.